The molecule has 1 aromatic carbocycles. The van der Waals surface area contributed by atoms with E-state index in [1.807, 2.05) is 35.4 Å². The van der Waals surface area contributed by atoms with Crippen molar-refractivity contribution in [2.45, 2.75) is 26.4 Å². The van der Waals surface area contributed by atoms with Crippen molar-refractivity contribution < 1.29 is 13.5 Å². The number of fused-ring (bicyclic) bond motifs is 2. The van der Waals surface area contributed by atoms with Gasteiger partial charge in [-0.2, -0.15) is 0 Å². The van der Waals surface area contributed by atoms with Crippen molar-refractivity contribution in [3.05, 3.63) is 53.2 Å². The zero-order chi connectivity index (χ0) is 17.1. The lowest BCUT2D eigenvalue weighted by Gasteiger charge is -2.29. The number of benzene rings is 1. The van der Waals surface area contributed by atoms with Crippen LogP contribution in [0.2, 0.25) is 0 Å². The van der Waals surface area contributed by atoms with Gasteiger partial charge in [0.25, 0.3) is 10.0 Å². The first-order valence-corrected chi connectivity index (χ1v) is 9.67. The van der Waals surface area contributed by atoms with Crippen molar-refractivity contribution in [3.63, 3.8) is 0 Å². The number of hydrogen-bond acceptors (Lipinski definition) is 4. The van der Waals surface area contributed by atoms with E-state index >= 15 is 0 Å². The van der Waals surface area contributed by atoms with Gasteiger partial charge in [0, 0.05) is 18.3 Å². The van der Waals surface area contributed by atoms with E-state index in [-0.39, 0.29) is 11.2 Å². The number of sulfonamides is 1. The third-order valence-electron chi connectivity index (χ3n) is 4.99. The van der Waals surface area contributed by atoms with Gasteiger partial charge in [0.2, 0.25) is 0 Å². The second kappa shape index (κ2) is 5.04. The smallest absolute Gasteiger partial charge is 0.256 e. The quantitative estimate of drug-likeness (QED) is 0.848. The summed E-state index contributed by atoms with van der Waals surface area (Å²) in [5.41, 5.74) is 3.64. The first-order chi connectivity index (χ1) is 11.3. The minimum absolute atomic E-state index is 0.0404. The Morgan fingerprint density at radius 1 is 1.33 bits per heavy atom. The van der Waals surface area contributed by atoms with Crippen molar-refractivity contribution in [1.82, 2.24) is 4.90 Å². The number of aliphatic hydroxyl groups excluding tert-OH is 1. The highest BCUT2D eigenvalue weighted by Crippen LogP contribution is 2.45. The number of nitrogens with zero attached hydrogens (tertiary/aromatic N) is 2. The van der Waals surface area contributed by atoms with Crippen LogP contribution in [0.1, 0.15) is 36.6 Å². The lowest BCUT2D eigenvalue weighted by molar-refractivity contribution is 0.0666. The molecule has 0 saturated heterocycles. The van der Waals surface area contributed by atoms with E-state index in [9.17, 15) is 13.5 Å². The van der Waals surface area contributed by atoms with Crippen LogP contribution in [0.4, 0.5) is 0 Å². The summed E-state index contributed by atoms with van der Waals surface area (Å²) in [4.78, 5) is 1.88. The van der Waals surface area contributed by atoms with Crippen molar-refractivity contribution in [1.29, 1.82) is 0 Å². The van der Waals surface area contributed by atoms with Crippen LogP contribution in [0.25, 0.3) is 5.57 Å². The molecule has 1 atom stereocenters. The normalized spacial score (nSPS) is 26.5. The minimum atomic E-state index is -3.40. The van der Waals surface area contributed by atoms with E-state index in [0.29, 0.717) is 12.4 Å². The van der Waals surface area contributed by atoms with Crippen LogP contribution in [0.5, 0.6) is 0 Å². The Labute approximate surface area is 142 Å². The predicted molar refractivity (Wildman–Crippen MR) is 93.9 cm³/mol. The first-order valence-electron chi connectivity index (χ1n) is 8.06. The fourth-order valence-electron chi connectivity index (χ4n) is 3.64. The molecule has 5 nitrogen and oxygen atoms in total. The maximum absolute atomic E-state index is 11.9. The number of hydrogen-bond donors (Lipinski definition) is 1. The Kier molecular flexibility index (Phi) is 3.27. The number of aliphatic hydroxyl groups is 1. The molecule has 0 radical (unpaired) electrons. The van der Waals surface area contributed by atoms with Gasteiger partial charge >= 0.3 is 0 Å². The maximum atomic E-state index is 11.9. The Hall–Kier alpha value is -1.92. The summed E-state index contributed by atoms with van der Waals surface area (Å²) in [5.74, 6) is 0.528. The Morgan fingerprint density at radius 2 is 2.12 bits per heavy atom. The summed E-state index contributed by atoms with van der Waals surface area (Å²) >= 11 is 0. The summed E-state index contributed by atoms with van der Waals surface area (Å²) < 4.78 is 27.8. The molecular weight excluding hydrogens is 324 g/mol. The zero-order valence-corrected chi connectivity index (χ0v) is 14.5. The van der Waals surface area contributed by atoms with Gasteiger partial charge < -0.3 is 10.0 Å². The number of rotatable bonds is 1. The van der Waals surface area contributed by atoms with Crippen LogP contribution in [0, 0.1) is 5.41 Å². The molecular formula is C18H20N2O3S. The van der Waals surface area contributed by atoms with E-state index in [1.165, 1.54) is 0 Å². The number of allylic oxidation sites excluding steroid dienone is 2. The van der Waals surface area contributed by atoms with E-state index in [0.717, 1.165) is 28.7 Å². The van der Waals surface area contributed by atoms with Crippen molar-refractivity contribution in [2.75, 3.05) is 12.3 Å². The van der Waals surface area contributed by atoms with Crippen LogP contribution in [-0.2, 0) is 16.4 Å². The largest absolute Gasteiger partial charge is 0.388 e. The molecule has 1 aromatic rings. The van der Waals surface area contributed by atoms with Gasteiger partial charge in [-0.15, -0.1) is 4.40 Å². The molecule has 1 aliphatic carbocycles. The second-order valence-corrected chi connectivity index (χ2v) is 9.05. The highest BCUT2D eigenvalue weighted by atomic mass is 32.2. The van der Waals surface area contributed by atoms with Gasteiger partial charge in [-0.3, -0.25) is 0 Å². The van der Waals surface area contributed by atoms with Gasteiger partial charge in [-0.05, 0) is 40.7 Å². The van der Waals surface area contributed by atoms with Crippen LogP contribution < -0.4 is 0 Å². The van der Waals surface area contributed by atoms with Gasteiger partial charge in [0.05, 0.1) is 11.9 Å². The molecule has 2 aliphatic heterocycles. The molecule has 2 heterocycles. The molecule has 4 rings (SSSR count). The van der Waals surface area contributed by atoms with Gasteiger partial charge in [-0.25, -0.2) is 8.42 Å². The van der Waals surface area contributed by atoms with Gasteiger partial charge in [0.1, 0.15) is 0 Å². The number of amidine groups is 1. The molecule has 0 saturated carbocycles. The average Bonchev–Trinajstić information content (AvgIpc) is 2.75. The Balaban J connectivity index is 1.79. The van der Waals surface area contributed by atoms with E-state index in [2.05, 4.69) is 24.3 Å². The molecule has 6 heteroatoms. The predicted octanol–water partition coefficient (Wildman–Crippen LogP) is 2.26. The lowest BCUT2D eigenvalue weighted by atomic mass is 9.88. The standard InChI is InChI=1S/C18H20N2O3S/c1-18(2)11-13-10-12(5-6-14(13)16(18)21)15-4-3-7-20-8-9-24(22,23)19-17(15)20/h3-7,10,16,21H,8-9,11H2,1-2H3. The molecule has 1 unspecified atom stereocenters. The molecule has 0 fully saturated rings. The monoisotopic (exact) mass is 344 g/mol. The lowest BCUT2D eigenvalue weighted by Crippen LogP contribution is -2.37. The molecule has 24 heavy (non-hydrogen) atoms. The van der Waals surface area contributed by atoms with E-state index < -0.39 is 16.1 Å². The first kappa shape index (κ1) is 15.6. The van der Waals surface area contributed by atoms with Gasteiger partial charge in [0.15, 0.2) is 5.84 Å². The minimum Gasteiger partial charge on any atom is -0.388 e. The zero-order valence-electron chi connectivity index (χ0n) is 13.7. The highest BCUT2D eigenvalue weighted by Gasteiger charge is 2.38. The van der Waals surface area contributed by atoms with Crippen LogP contribution in [0.3, 0.4) is 0 Å². The molecule has 126 valence electrons. The molecule has 0 bridgehead atoms. The Bertz CT molecular complexity index is 910. The summed E-state index contributed by atoms with van der Waals surface area (Å²) in [5, 5.41) is 10.4. The average molecular weight is 344 g/mol. The van der Waals surface area contributed by atoms with Gasteiger partial charge in [-0.1, -0.05) is 32.0 Å². The molecule has 0 aromatic heterocycles. The third kappa shape index (κ3) is 2.41. The second-order valence-electron chi connectivity index (χ2n) is 7.30. The van der Waals surface area contributed by atoms with Crippen LogP contribution >= 0.6 is 0 Å². The molecule has 0 spiro atoms. The van der Waals surface area contributed by atoms with Crippen molar-refractivity contribution in [3.8, 4) is 0 Å². The highest BCUT2D eigenvalue weighted by molar-refractivity contribution is 7.90. The van der Waals surface area contributed by atoms with E-state index in [1.54, 1.807) is 0 Å². The SMILES string of the molecule is CC1(C)Cc2cc(C3=CC=CN4CCS(=O)(=O)N=C34)ccc2C1O. The van der Waals surface area contributed by atoms with Crippen molar-refractivity contribution >= 4 is 21.4 Å². The fourth-order valence-corrected chi connectivity index (χ4v) is 4.63. The summed E-state index contributed by atoms with van der Waals surface area (Å²) in [7, 11) is -3.40. The summed E-state index contributed by atoms with van der Waals surface area (Å²) in [6.07, 6.45) is 6.00. The Morgan fingerprint density at radius 3 is 2.92 bits per heavy atom. The summed E-state index contributed by atoms with van der Waals surface area (Å²) in [6, 6.07) is 5.95. The summed E-state index contributed by atoms with van der Waals surface area (Å²) in [6.45, 7) is 4.53. The third-order valence-corrected chi connectivity index (χ3v) is 6.14. The molecule has 1 N–H and O–H groups in total. The maximum Gasteiger partial charge on any atom is 0.256 e. The molecule has 3 aliphatic rings. The van der Waals surface area contributed by atoms with Crippen LogP contribution in [0.15, 0.2) is 40.9 Å². The van der Waals surface area contributed by atoms with E-state index in [4.69, 9.17) is 0 Å². The van der Waals surface area contributed by atoms with Crippen LogP contribution in [-0.4, -0.2) is 36.6 Å². The molecule has 0 amide bonds. The van der Waals surface area contributed by atoms with Crippen molar-refractivity contribution in [2.24, 2.45) is 9.81 Å². The topological polar surface area (TPSA) is 70.0 Å². The fraction of sp³-hybridized carbons (Fsp3) is 0.389.